The fourth-order valence-corrected chi connectivity index (χ4v) is 3.42. The summed E-state index contributed by atoms with van der Waals surface area (Å²) in [4.78, 5) is -0.600. The maximum Gasteiger partial charge on any atom is 0.268 e. The van der Waals surface area contributed by atoms with Gasteiger partial charge in [0.15, 0.2) is 0 Å². The molecule has 5 nitrogen and oxygen atoms in total. The van der Waals surface area contributed by atoms with Crippen molar-refractivity contribution in [1.29, 1.82) is 0 Å². The van der Waals surface area contributed by atoms with Crippen LogP contribution < -0.4 is 4.72 Å². The third-order valence-electron chi connectivity index (χ3n) is 1.77. The predicted octanol–water partition coefficient (Wildman–Crippen LogP) is 2.13. The molecule has 1 N–H and O–H groups in total. The summed E-state index contributed by atoms with van der Waals surface area (Å²) in [7, 11) is -4.09. The van der Waals surface area contributed by atoms with Crippen molar-refractivity contribution in [1.82, 2.24) is 10.2 Å². The molecule has 0 amide bonds. The van der Waals surface area contributed by atoms with Gasteiger partial charge in [-0.1, -0.05) is 29.0 Å². The second-order valence-corrected chi connectivity index (χ2v) is 5.76. The number of aromatic nitrogens is 2. The molecule has 2 rings (SSSR count). The molecule has 1 heterocycles. The number of anilines is 1. The number of nitrogens with zero attached hydrogens (tertiary/aromatic N) is 2. The molecule has 0 radical (unpaired) electrons. The van der Waals surface area contributed by atoms with E-state index in [1.54, 1.807) is 0 Å². The lowest BCUT2D eigenvalue weighted by molar-refractivity contribution is 0.570. The van der Waals surface area contributed by atoms with Crippen LogP contribution in [0, 0.1) is 5.82 Å². The lowest BCUT2D eigenvalue weighted by Crippen LogP contribution is -2.15. The molecule has 0 atom stereocenters. The van der Waals surface area contributed by atoms with Gasteiger partial charge in [-0.05, 0) is 12.1 Å². The Morgan fingerprint density at radius 1 is 1.41 bits per heavy atom. The van der Waals surface area contributed by atoms with Gasteiger partial charge in [0.25, 0.3) is 10.0 Å². The molecule has 0 aliphatic rings. The molecule has 0 saturated carbocycles. The first kappa shape index (κ1) is 12.2. The Kier molecular flexibility index (Phi) is 3.27. The Balaban J connectivity index is 2.45. The average Bonchev–Trinajstić information content (AvgIpc) is 2.68. The third-order valence-corrected chi connectivity index (χ3v) is 4.35. The van der Waals surface area contributed by atoms with Gasteiger partial charge >= 0.3 is 0 Å². The lowest BCUT2D eigenvalue weighted by Gasteiger charge is -2.07. The number of sulfonamides is 1. The summed E-state index contributed by atoms with van der Waals surface area (Å²) >= 11 is 6.64. The molecular formula is C8H5ClFN3O2S2. The maximum atomic E-state index is 13.4. The van der Waals surface area contributed by atoms with Crippen molar-refractivity contribution < 1.29 is 12.8 Å². The molecule has 0 saturated heterocycles. The van der Waals surface area contributed by atoms with Gasteiger partial charge in [0.2, 0.25) is 5.13 Å². The van der Waals surface area contributed by atoms with E-state index in [0.29, 0.717) is 0 Å². The molecule has 0 aliphatic carbocycles. The van der Waals surface area contributed by atoms with Gasteiger partial charge in [0.05, 0.1) is 5.02 Å². The average molecular weight is 294 g/mol. The third kappa shape index (κ3) is 2.54. The SMILES string of the molecule is O=S(=O)(Nc1nncs1)c1c(F)cccc1Cl. The summed E-state index contributed by atoms with van der Waals surface area (Å²) < 4.78 is 39.2. The van der Waals surface area contributed by atoms with Crippen LogP contribution in [0.4, 0.5) is 9.52 Å². The number of nitrogens with one attached hydrogen (secondary N) is 1. The Morgan fingerprint density at radius 2 is 2.18 bits per heavy atom. The fraction of sp³-hybridized carbons (Fsp3) is 0. The van der Waals surface area contributed by atoms with Crippen molar-refractivity contribution >= 4 is 38.1 Å². The highest BCUT2D eigenvalue weighted by Crippen LogP contribution is 2.26. The molecule has 1 aromatic heterocycles. The van der Waals surface area contributed by atoms with Crippen LogP contribution in [0.1, 0.15) is 0 Å². The minimum Gasteiger partial charge on any atom is -0.253 e. The van der Waals surface area contributed by atoms with E-state index >= 15 is 0 Å². The van der Waals surface area contributed by atoms with E-state index in [1.807, 2.05) is 0 Å². The van der Waals surface area contributed by atoms with Crippen LogP contribution in [-0.4, -0.2) is 18.6 Å². The van der Waals surface area contributed by atoms with E-state index in [1.165, 1.54) is 17.6 Å². The second kappa shape index (κ2) is 4.55. The number of hydrogen-bond donors (Lipinski definition) is 1. The summed E-state index contributed by atoms with van der Waals surface area (Å²) in [6.45, 7) is 0. The monoisotopic (exact) mass is 293 g/mol. The zero-order valence-corrected chi connectivity index (χ0v) is 10.5. The van der Waals surface area contributed by atoms with Crippen molar-refractivity contribution in [2.75, 3.05) is 4.72 Å². The normalized spacial score (nSPS) is 11.4. The highest BCUT2D eigenvalue weighted by Gasteiger charge is 2.23. The van der Waals surface area contributed by atoms with Gasteiger partial charge in [-0.2, -0.15) is 0 Å². The summed E-state index contributed by atoms with van der Waals surface area (Å²) in [6, 6.07) is 3.63. The van der Waals surface area contributed by atoms with E-state index in [0.717, 1.165) is 17.4 Å². The molecule has 2 aromatic rings. The first-order valence-corrected chi connectivity index (χ1v) is 6.98. The van der Waals surface area contributed by atoms with Crippen LogP contribution in [0.15, 0.2) is 28.6 Å². The van der Waals surface area contributed by atoms with Gasteiger partial charge < -0.3 is 0 Å². The second-order valence-electron chi connectivity index (χ2n) is 2.90. The van der Waals surface area contributed by atoms with Crippen molar-refractivity contribution in [2.45, 2.75) is 4.90 Å². The number of rotatable bonds is 3. The summed E-state index contributed by atoms with van der Waals surface area (Å²) in [6.07, 6.45) is 0. The Labute approximate surface area is 105 Å². The molecule has 0 fully saturated rings. The number of halogens is 2. The van der Waals surface area contributed by atoms with Gasteiger partial charge in [0, 0.05) is 0 Å². The van der Waals surface area contributed by atoms with Crippen molar-refractivity contribution in [2.24, 2.45) is 0 Å². The molecule has 0 aliphatic heterocycles. The molecular weight excluding hydrogens is 289 g/mol. The smallest absolute Gasteiger partial charge is 0.253 e. The van der Waals surface area contributed by atoms with E-state index in [4.69, 9.17) is 11.6 Å². The summed E-state index contributed by atoms with van der Waals surface area (Å²) in [5.41, 5.74) is 1.35. The molecule has 0 unspecified atom stereocenters. The van der Waals surface area contributed by atoms with E-state index in [9.17, 15) is 12.8 Å². The molecule has 0 bridgehead atoms. The van der Waals surface area contributed by atoms with Crippen molar-refractivity contribution in [3.8, 4) is 0 Å². The number of benzene rings is 1. The standard InChI is InChI=1S/C8H5ClFN3O2S2/c9-5-2-1-3-6(10)7(5)17(14,15)13-8-12-11-4-16-8/h1-4H,(H,12,13). The molecule has 0 spiro atoms. The van der Waals surface area contributed by atoms with Gasteiger partial charge in [-0.25, -0.2) is 12.8 Å². The topological polar surface area (TPSA) is 72.0 Å². The van der Waals surface area contributed by atoms with E-state index in [2.05, 4.69) is 14.9 Å². The van der Waals surface area contributed by atoms with Crippen LogP contribution >= 0.6 is 22.9 Å². The molecule has 90 valence electrons. The first-order valence-electron chi connectivity index (χ1n) is 4.24. The zero-order chi connectivity index (χ0) is 12.5. The molecule has 1 aromatic carbocycles. The van der Waals surface area contributed by atoms with Crippen molar-refractivity contribution in [3.63, 3.8) is 0 Å². The Morgan fingerprint density at radius 3 is 2.76 bits per heavy atom. The van der Waals surface area contributed by atoms with Gasteiger partial charge in [0.1, 0.15) is 16.2 Å². The highest BCUT2D eigenvalue weighted by molar-refractivity contribution is 7.93. The zero-order valence-electron chi connectivity index (χ0n) is 8.09. The van der Waals surface area contributed by atoms with Crippen LogP contribution in [0.25, 0.3) is 0 Å². The minimum absolute atomic E-state index is 0.0457. The minimum atomic E-state index is -4.09. The first-order chi connectivity index (χ1) is 8.00. The van der Waals surface area contributed by atoms with Gasteiger partial charge in [-0.15, -0.1) is 10.2 Å². The molecule has 9 heteroatoms. The largest absolute Gasteiger partial charge is 0.268 e. The molecule has 17 heavy (non-hydrogen) atoms. The van der Waals surface area contributed by atoms with E-state index in [-0.39, 0.29) is 10.2 Å². The van der Waals surface area contributed by atoms with Crippen LogP contribution in [0.2, 0.25) is 5.02 Å². The lowest BCUT2D eigenvalue weighted by atomic mass is 10.3. The van der Waals surface area contributed by atoms with Crippen LogP contribution in [-0.2, 0) is 10.0 Å². The number of hydrogen-bond acceptors (Lipinski definition) is 5. The Hall–Kier alpha value is -1.25. The summed E-state index contributed by atoms with van der Waals surface area (Å²) in [5.74, 6) is -0.922. The Bertz CT molecular complexity index is 610. The highest BCUT2D eigenvalue weighted by atomic mass is 35.5. The van der Waals surface area contributed by atoms with E-state index < -0.39 is 20.7 Å². The summed E-state index contributed by atoms with van der Waals surface area (Å²) in [5, 5.41) is 6.81. The maximum absolute atomic E-state index is 13.4. The predicted molar refractivity (Wildman–Crippen MR) is 62.1 cm³/mol. The fourth-order valence-electron chi connectivity index (χ4n) is 1.12. The van der Waals surface area contributed by atoms with Gasteiger partial charge in [-0.3, -0.25) is 4.72 Å². The van der Waals surface area contributed by atoms with Crippen LogP contribution in [0.5, 0.6) is 0 Å². The quantitative estimate of drug-likeness (QED) is 0.941. The van der Waals surface area contributed by atoms with Crippen molar-refractivity contribution in [3.05, 3.63) is 34.5 Å². The van der Waals surface area contributed by atoms with Crippen LogP contribution in [0.3, 0.4) is 0 Å².